The van der Waals surface area contributed by atoms with E-state index in [2.05, 4.69) is 70.3 Å². The number of aliphatic hydroxyl groups is 1. The smallest absolute Gasteiger partial charge is 0.136 e. The van der Waals surface area contributed by atoms with Crippen molar-refractivity contribution in [1.29, 1.82) is 0 Å². The molecule has 2 aromatic carbocycles. The first-order valence-electron chi connectivity index (χ1n) is 9.02. The quantitative estimate of drug-likeness (QED) is 0.819. The molecule has 1 fully saturated rings. The van der Waals surface area contributed by atoms with Gasteiger partial charge in [0.15, 0.2) is 0 Å². The lowest BCUT2D eigenvalue weighted by molar-refractivity contribution is 0.0984. The molecule has 1 aliphatic heterocycles. The number of anilines is 2. The minimum absolute atomic E-state index is 0.0455. The van der Waals surface area contributed by atoms with Crippen molar-refractivity contribution < 1.29 is 5.11 Å². The van der Waals surface area contributed by atoms with Crippen molar-refractivity contribution >= 4 is 34.9 Å². The molecule has 1 heterocycles. The third-order valence-electron chi connectivity index (χ3n) is 4.88. The van der Waals surface area contributed by atoms with E-state index in [4.69, 9.17) is 0 Å². The first kappa shape index (κ1) is 20.4. The normalized spacial score (nSPS) is 16.4. The first-order valence-corrected chi connectivity index (χ1v) is 11.1. The average molecular weight is 404 g/mol. The number of thioether (sulfide) groups is 2. The van der Waals surface area contributed by atoms with Crippen LogP contribution in [0.3, 0.4) is 0 Å². The summed E-state index contributed by atoms with van der Waals surface area (Å²) in [5.74, 6) is 1.84. The van der Waals surface area contributed by atoms with E-state index in [1.807, 2.05) is 28.2 Å². The van der Waals surface area contributed by atoms with Crippen LogP contribution in [0, 0.1) is 0 Å². The Morgan fingerprint density at radius 2 is 1.19 bits per heavy atom. The predicted molar refractivity (Wildman–Crippen MR) is 121 cm³/mol. The topological polar surface area (TPSA) is 30.0 Å². The van der Waals surface area contributed by atoms with E-state index >= 15 is 0 Å². The van der Waals surface area contributed by atoms with Gasteiger partial charge in [0, 0.05) is 51.3 Å². The standard InChI is InChI=1S/C21H29N3OS2/c1-22(2)18-10-6-16(7-11-18)21(25,20-26-14-24(5)15-27-20)17-8-12-19(13-9-17)23(3)4/h6-13,20,25H,14-15H2,1-5H3. The van der Waals surface area contributed by atoms with Crippen LogP contribution < -0.4 is 9.80 Å². The molecule has 3 rings (SSSR count). The SMILES string of the molecule is CN1CSC(C(O)(c2ccc(N(C)C)cc2)c2ccc(N(C)C)cc2)SC1. The minimum atomic E-state index is -1.04. The molecule has 0 aromatic heterocycles. The molecule has 0 aliphatic carbocycles. The molecule has 27 heavy (non-hydrogen) atoms. The van der Waals surface area contributed by atoms with E-state index in [1.54, 1.807) is 23.5 Å². The summed E-state index contributed by atoms with van der Waals surface area (Å²) >= 11 is 3.61. The molecule has 0 amide bonds. The molecular weight excluding hydrogens is 374 g/mol. The lowest BCUT2D eigenvalue weighted by Gasteiger charge is -2.40. The summed E-state index contributed by atoms with van der Waals surface area (Å²) in [6.45, 7) is 0. The van der Waals surface area contributed by atoms with Crippen LogP contribution in [-0.2, 0) is 5.60 Å². The molecule has 2 aromatic rings. The second-order valence-electron chi connectivity index (χ2n) is 7.43. The van der Waals surface area contributed by atoms with Crippen LogP contribution in [0.5, 0.6) is 0 Å². The molecule has 0 saturated carbocycles. The van der Waals surface area contributed by atoms with E-state index < -0.39 is 5.60 Å². The molecule has 0 spiro atoms. The van der Waals surface area contributed by atoms with Crippen LogP contribution in [0.2, 0.25) is 0 Å². The van der Waals surface area contributed by atoms with Crippen LogP contribution >= 0.6 is 23.5 Å². The third-order valence-corrected chi connectivity index (χ3v) is 8.17. The van der Waals surface area contributed by atoms with Gasteiger partial charge >= 0.3 is 0 Å². The van der Waals surface area contributed by atoms with Gasteiger partial charge in [-0.2, -0.15) is 0 Å². The molecule has 4 nitrogen and oxygen atoms in total. The number of benzene rings is 2. The van der Waals surface area contributed by atoms with E-state index in [-0.39, 0.29) is 4.58 Å². The second kappa shape index (κ2) is 8.35. The summed E-state index contributed by atoms with van der Waals surface area (Å²) in [4.78, 5) is 6.43. The van der Waals surface area contributed by atoms with Crippen LogP contribution in [0.1, 0.15) is 11.1 Å². The van der Waals surface area contributed by atoms with Crippen molar-refractivity contribution in [2.24, 2.45) is 0 Å². The molecule has 1 saturated heterocycles. The van der Waals surface area contributed by atoms with Gasteiger partial charge in [0.1, 0.15) is 5.60 Å². The number of nitrogens with zero attached hydrogens (tertiary/aromatic N) is 3. The largest absolute Gasteiger partial charge is 0.378 e. The summed E-state index contributed by atoms with van der Waals surface area (Å²) in [7, 11) is 10.2. The fourth-order valence-electron chi connectivity index (χ4n) is 3.18. The van der Waals surface area contributed by atoms with Crippen LogP contribution in [0.25, 0.3) is 0 Å². The maximum atomic E-state index is 12.0. The summed E-state index contributed by atoms with van der Waals surface area (Å²) in [5, 5.41) is 12.0. The summed E-state index contributed by atoms with van der Waals surface area (Å²) in [6.07, 6.45) is 0. The van der Waals surface area contributed by atoms with E-state index in [1.165, 1.54) is 0 Å². The van der Waals surface area contributed by atoms with Gasteiger partial charge in [0.2, 0.25) is 0 Å². The van der Waals surface area contributed by atoms with E-state index in [9.17, 15) is 5.11 Å². The van der Waals surface area contributed by atoms with E-state index in [0.717, 1.165) is 34.3 Å². The highest BCUT2D eigenvalue weighted by atomic mass is 32.2. The van der Waals surface area contributed by atoms with Crippen molar-refractivity contribution in [1.82, 2.24) is 4.90 Å². The summed E-state index contributed by atoms with van der Waals surface area (Å²) < 4.78 is 0.0455. The van der Waals surface area contributed by atoms with Gasteiger partial charge in [-0.1, -0.05) is 24.3 Å². The molecule has 146 valence electrons. The van der Waals surface area contributed by atoms with Crippen molar-refractivity contribution in [3.8, 4) is 0 Å². The van der Waals surface area contributed by atoms with Crippen LogP contribution in [0.4, 0.5) is 11.4 Å². The van der Waals surface area contributed by atoms with Gasteiger partial charge in [-0.05, 0) is 42.4 Å². The van der Waals surface area contributed by atoms with Crippen LogP contribution in [-0.4, -0.2) is 61.6 Å². The van der Waals surface area contributed by atoms with Gasteiger partial charge in [-0.25, -0.2) is 0 Å². The summed E-state index contributed by atoms with van der Waals surface area (Å²) in [6, 6.07) is 16.6. The lowest BCUT2D eigenvalue weighted by atomic mass is 9.87. The third kappa shape index (κ3) is 4.24. The van der Waals surface area contributed by atoms with Gasteiger partial charge < -0.3 is 14.9 Å². The molecule has 0 atom stereocenters. The van der Waals surface area contributed by atoms with Gasteiger partial charge in [0.05, 0.1) is 4.58 Å². The van der Waals surface area contributed by atoms with Crippen molar-refractivity contribution in [3.05, 3.63) is 59.7 Å². The molecule has 6 heteroatoms. The minimum Gasteiger partial charge on any atom is -0.378 e. The highest BCUT2D eigenvalue weighted by molar-refractivity contribution is 8.17. The molecule has 0 radical (unpaired) electrons. The molecule has 0 unspecified atom stereocenters. The van der Waals surface area contributed by atoms with Gasteiger partial charge in [0.25, 0.3) is 0 Å². The number of hydrogen-bond donors (Lipinski definition) is 1. The fraction of sp³-hybridized carbons (Fsp3) is 0.429. The highest BCUT2D eigenvalue weighted by Crippen LogP contribution is 2.47. The first-order chi connectivity index (χ1) is 12.8. The van der Waals surface area contributed by atoms with Gasteiger partial charge in [-0.15, -0.1) is 23.5 Å². The number of hydrogen-bond acceptors (Lipinski definition) is 6. The summed E-state index contributed by atoms with van der Waals surface area (Å²) in [5.41, 5.74) is 3.12. The Kier molecular flexibility index (Phi) is 6.31. The molecule has 1 N–H and O–H groups in total. The Morgan fingerprint density at radius 1 is 0.815 bits per heavy atom. The Morgan fingerprint density at radius 3 is 1.52 bits per heavy atom. The van der Waals surface area contributed by atoms with E-state index in [0.29, 0.717) is 0 Å². The fourth-order valence-corrected chi connectivity index (χ4v) is 6.04. The predicted octanol–water partition coefficient (Wildman–Crippen LogP) is 3.71. The molecular formula is C21H29N3OS2. The van der Waals surface area contributed by atoms with Crippen molar-refractivity contribution in [2.75, 3.05) is 56.8 Å². The van der Waals surface area contributed by atoms with Crippen molar-refractivity contribution in [3.63, 3.8) is 0 Å². The Bertz CT molecular complexity index is 688. The zero-order valence-electron chi connectivity index (χ0n) is 16.7. The molecule has 0 bridgehead atoms. The highest BCUT2D eigenvalue weighted by Gasteiger charge is 2.42. The average Bonchev–Trinajstić information content (AvgIpc) is 2.68. The Hall–Kier alpha value is -1.34. The molecule has 1 aliphatic rings. The van der Waals surface area contributed by atoms with Crippen molar-refractivity contribution in [2.45, 2.75) is 10.2 Å². The zero-order valence-corrected chi connectivity index (χ0v) is 18.3. The Labute approximate surface area is 171 Å². The maximum Gasteiger partial charge on any atom is 0.136 e. The number of rotatable bonds is 5. The second-order valence-corrected chi connectivity index (χ2v) is 9.85. The van der Waals surface area contributed by atoms with Crippen LogP contribution in [0.15, 0.2) is 48.5 Å². The van der Waals surface area contributed by atoms with Gasteiger partial charge in [-0.3, -0.25) is 4.90 Å². The lowest BCUT2D eigenvalue weighted by Crippen LogP contribution is -2.41. The monoisotopic (exact) mass is 403 g/mol. The Balaban J connectivity index is 2.02. The maximum absolute atomic E-state index is 12.0. The zero-order chi connectivity index (χ0) is 19.6.